The van der Waals surface area contributed by atoms with E-state index in [1.54, 1.807) is 0 Å². The number of hydrogen-bond donors (Lipinski definition) is 1. The second kappa shape index (κ2) is 5.80. The third-order valence-electron chi connectivity index (χ3n) is 3.41. The molecular weight excluding hydrogens is 302 g/mol. The van der Waals surface area contributed by atoms with Crippen molar-refractivity contribution < 1.29 is 0 Å². The van der Waals surface area contributed by atoms with Gasteiger partial charge in [-0.25, -0.2) is 0 Å². The molecule has 3 nitrogen and oxygen atoms in total. The van der Waals surface area contributed by atoms with Crippen LogP contribution < -0.4 is 5.32 Å². The molecule has 2 aromatic rings. The summed E-state index contributed by atoms with van der Waals surface area (Å²) in [6, 6.07) is 8.56. The summed E-state index contributed by atoms with van der Waals surface area (Å²) in [5.41, 5.74) is 2.34. The predicted molar refractivity (Wildman–Crippen MR) is 78.5 cm³/mol. The molecule has 2 aromatic heterocycles. The Morgan fingerprint density at radius 1 is 1.32 bits per heavy atom. The van der Waals surface area contributed by atoms with Crippen molar-refractivity contribution in [3.8, 4) is 0 Å². The molecule has 4 heteroatoms. The standard InChI is InChI=1S/C15H16BrN3/c16-13-7-12(8-17-9-13)15(11-4-5-11)19-10-14-3-1-2-6-18-14/h1-3,6-9,11,15,19H,4-5,10H2/t15-/m1/s1. The van der Waals surface area contributed by atoms with Crippen LogP contribution in [0.25, 0.3) is 0 Å². The molecule has 0 spiro atoms. The van der Waals surface area contributed by atoms with Crippen LogP contribution in [-0.4, -0.2) is 9.97 Å². The van der Waals surface area contributed by atoms with Gasteiger partial charge in [0.2, 0.25) is 0 Å². The average Bonchev–Trinajstić information content (AvgIpc) is 3.25. The van der Waals surface area contributed by atoms with Crippen LogP contribution in [0.5, 0.6) is 0 Å². The summed E-state index contributed by atoms with van der Waals surface area (Å²) < 4.78 is 1.04. The van der Waals surface area contributed by atoms with E-state index in [2.05, 4.69) is 43.3 Å². The van der Waals surface area contributed by atoms with E-state index < -0.39 is 0 Å². The zero-order valence-electron chi connectivity index (χ0n) is 10.6. The summed E-state index contributed by atoms with van der Waals surface area (Å²) in [5.74, 6) is 0.736. The first-order valence-corrected chi connectivity index (χ1v) is 7.36. The minimum absolute atomic E-state index is 0.381. The second-order valence-electron chi connectivity index (χ2n) is 4.95. The Kier molecular flexibility index (Phi) is 3.89. The summed E-state index contributed by atoms with van der Waals surface area (Å²) in [5, 5.41) is 3.62. The van der Waals surface area contributed by atoms with E-state index in [1.807, 2.05) is 30.7 Å². The summed E-state index contributed by atoms with van der Waals surface area (Å²) in [4.78, 5) is 8.62. The van der Waals surface area contributed by atoms with Gasteiger partial charge in [0.25, 0.3) is 0 Å². The molecule has 19 heavy (non-hydrogen) atoms. The lowest BCUT2D eigenvalue weighted by Gasteiger charge is -2.18. The molecule has 1 fully saturated rings. The highest BCUT2D eigenvalue weighted by atomic mass is 79.9. The maximum Gasteiger partial charge on any atom is 0.0541 e. The number of nitrogens with one attached hydrogen (secondary N) is 1. The van der Waals surface area contributed by atoms with Gasteiger partial charge in [0.1, 0.15) is 0 Å². The minimum Gasteiger partial charge on any atom is -0.304 e. The molecule has 0 aliphatic heterocycles. The van der Waals surface area contributed by atoms with Gasteiger partial charge in [0, 0.05) is 35.6 Å². The quantitative estimate of drug-likeness (QED) is 0.917. The van der Waals surface area contributed by atoms with Crippen LogP contribution >= 0.6 is 15.9 Å². The monoisotopic (exact) mass is 317 g/mol. The largest absolute Gasteiger partial charge is 0.304 e. The van der Waals surface area contributed by atoms with Crippen molar-refractivity contribution in [2.24, 2.45) is 5.92 Å². The molecule has 1 saturated carbocycles. The van der Waals surface area contributed by atoms with Gasteiger partial charge in [-0.3, -0.25) is 9.97 Å². The Bertz CT molecular complexity index is 540. The number of halogens is 1. The second-order valence-corrected chi connectivity index (χ2v) is 5.87. The highest BCUT2D eigenvalue weighted by molar-refractivity contribution is 9.10. The van der Waals surface area contributed by atoms with Crippen molar-refractivity contribution in [2.45, 2.75) is 25.4 Å². The molecule has 1 aliphatic rings. The lowest BCUT2D eigenvalue weighted by Crippen LogP contribution is -2.23. The van der Waals surface area contributed by atoms with E-state index in [0.717, 1.165) is 22.6 Å². The maximum absolute atomic E-state index is 4.35. The van der Waals surface area contributed by atoms with Crippen LogP contribution in [0, 0.1) is 5.92 Å². The molecule has 3 rings (SSSR count). The van der Waals surface area contributed by atoms with Gasteiger partial charge >= 0.3 is 0 Å². The van der Waals surface area contributed by atoms with Gasteiger partial charge in [-0.05, 0) is 58.5 Å². The highest BCUT2D eigenvalue weighted by Crippen LogP contribution is 2.41. The Labute approximate surface area is 121 Å². The zero-order chi connectivity index (χ0) is 13.1. The fourth-order valence-corrected chi connectivity index (χ4v) is 2.68. The summed E-state index contributed by atoms with van der Waals surface area (Å²) in [6.45, 7) is 0.800. The molecule has 1 N–H and O–H groups in total. The van der Waals surface area contributed by atoms with Crippen LogP contribution in [-0.2, 0) is 6.54 Å². The van der Waals surface area contributed by atoms with Crippen molar-refractivity contribution >= 4 is 15.9 Å². The van der Waals surface area contributed by atoms with E-state index in [1.165, 1.54) is 18.4 Å². The van der Waals surface area contributed by atoms with E-state index >= 15 is 0 Å². The summed E-state index contributed by atoms with van der Waals surface area (Å²) >= 11 is 3.49. The van der Waals surface area contributed by atoms with E-state index in [-0.39, 0.29) is 0 Å². The fourth-order valence-electron chi connectivity index (χ4n) is 2.30. The molecule has 0 unspecified atom stereocenters. The molecule has 1 aliphatic carbocycles. The van der Waals surface area contributed by atoms with Crippen LogP contribution in [0.3, 0.4) is 0 Å². The topological polar surface area (TPSA) is 37.8 Å². The summed E-state index contributed by atoms with van der Waals surface area (Å²) in [6.07, 6.45) is 8.22. The average molecular weight is 318 g/mol. The molecule has 2 heterocycles. The predicted octanol–water partition coefficient (Wildman–Crippen LogP) is 3.48. The lowest BCUT2D eigenvalue weighted by molar-refractivity contribution is 0.475. The lowest BCUT2D eigenvalue weighted by atomic mass is 10.0. The Morgan fingerprint density at radius 3 is 2.89 bits per heavy atom. The molecule has 0 bridgehead atoms. The first kappa shape index (κ1) is 12.8. The molecule has 1 atom stereocenters. The molecule has 0 aromatic carbocycles. The number of aromatic nitrogens is 2. The summed E-state index contributed by atoms with van der Waals surface area (Å²) in [7, 11) is 0. The zero-order valence-corrected chi connectivity index (χ0v) is 12.2. The highest BCUT2D eigenvalue weighted by Gasteiger charge is 2.32. The Balaban J connectivity index is 1.71. The maximum atomic E-state index is 4.35. The first-order valence-electron chi connectivity index (χ1n) is 6.56. The van der Waals surface area contributed by atoms with Gasteiger partial charge in [-0.15, -0.1) is 0 Å². The molecular formula is C15H16BrN3. The van der Waals surface area contributed by atoms with Crippen LogP contribution in [0.2, 0.25) is 0 Å². The van der Waals surface area contributed by atoms with Crippen LogP contribution in [0.4, 0.5) is 0 Å². The SMILES string of the molecule is Brc1cncc([C@H](NCc2ccccn2)C2CC2)c1. The van der Waals surface area contributed by atoms with E-state index in [0.29, 0.717) is 6.04 Å². The normalized spacial score (nSPS) is 16.3. The van der Waals surface area contributed by atoms with Gasteiger partial charge in [0.15, 0.2) is 0 Å². The van der Waals surface area contributed by atoms with Crippen molar-refractivity contribution in [3.05, 3.63) is 58.6 Å². The van der Waals surface area contributed by atoms with Gasteiger partial charge in [0.05, 0.1) is 5.69 Å². The Morgan fingerprint density at radius 2 is 2.21 bits per heavy atom. The minimum atomic E-state index is 0.381. The Hall–Kier alpha value is -1.26. The van der Waals surface area contributed by atoms with E-state index in [4.69, 9.17) is 0 Å². The fraction of sp³-hybridized carbons (Fsp3) is 0.333. The van der Waals surface area contributed by atoms with Crippen LogP contribution in [0.15, 0.2) is 47.3 Å². The van der Waals surface area contributed by atoms with Crippen molar-refractivity contribution in [3.63, 3.8) is 0 Å². The van der Waals surface area contributed by atoms with Crippen molar-refractivity contribution in [1.82, 2.24) is 15.3 Å². The molecule has 98 valence electrons. The molecule has 0 saturated heterocycles. The molecule has 0 amide bonds. The number of hydrogen-bond acceptors (Lipinski definition) is 3. The number of nitrogens with zero attached hydrogens (tertiary/aromatic N) is 2. The van der Waals surface area contributed by atoms with Gasteiger partial charge < -0.3 is 5.32 Å². The molecule has 0 radical (unpaired) electrons. The van der Waals surface area contributed by atoms with Gasteiger partial charge in [-0.1, -0.05) is 6.07 Å². The van der Waals surface area contributed by atoms with E-state index in [9.17, 15) is 0 Å². The van der Waals surface area contributed by atoms with Crippen molar-refractivity contribution in [1.29, 1.82) is 0 Å². The number of pyridine rings is 2. The van der Waals surface area contributed by atoms with Gasteiger partial charge in [-0.2, -0.15) is 0 Å². The third kappa shape index (κ3) is 3.39. The first-order chi connectivity index (χ1) is 9.33. The third-order valence-corrected chi connectivity index (χ3v) is 3.84. The van der Waals surface area contributed by atoms with Crippen LogP contribution in [0.1, 0.15) is 30.1 Å². The number of rotatable bonds is 5. The van der Waals surface area contributed by atoms with Crippen molar-refractivity contribution in [2.75, 3.05) is 0 Å². The smallest absolute Gasteiger partial charge is 0.0541 e.